The van der Waals surface area contributed by atoms with Crippen LogP contribution in [0.4, 0.5) is 0 Å². The summed E-state index contributed by atoms with van der Waals surface area (Å²) in [5.41, 5.74) is 0.653. The average Bonchev–Trinajstić information content (AvgIpc) is 2.86. The van der Waals surface area contributed by atoms with Crippen LogP contribution in [0.3, 0.4) is 0 Å². The molecule has 0 radical (unpaired) electrons. The van der Waals surface area contributed by atoms with E-state index >= 15 is 0 Å². The number of nitrogens with zero attached hydrogens (tertiary/aromatic N) is 1. The molecule has 0 spiro atoms. The van der Waals surface area contributed by atoms with E-state index in [2.05, 4.69) is 0 Å². The Morgan fingerprint density at radius 2 is 1.69 bits per heavy atom. The first-order valence-corrected chi connectivity index (χ1v) is 12.1. The fourth-order valence-electron chi connectivity index (χ4n) is 3.76. The number of ether oxygens (including phenoxy) is 2. The van der Waals surface area contributed by atoms with E-state index in [0.29, 0.717) is 25.7 Å². The number of hydrogen-bond donors (Lipinski definition) is 0. The molecule has 172 valence electrons. The largest absolute Gasteiger partial charge is 0.496 e. The van der Waals surface area contributed by atoms with E-state index in [0.717, 1.165) is 0 Å². The van der Waals surface area contributed by atoms with Gasteiger partial charge in [0.1, 0.15) is 11.8 Å². The zero-order valence-electron chi connectivity index (χ0n) is 17.6. The molecule has 1 aliphatic rings. The first kappa shape index (κ1) is 24.5. The van der Waals surface area contributed by atoms with E-state index in [-0.39, 0.29) is 36.5 Å². The SMILES string of the molecule is COC[C@@H]1C(=O)CC[C@H](Cc2cc(Cl)ccc2OC)C(=O)N1S(=O)(=O)c1ccc(Cl)cc1. The molecule has 1 fully saturated rings. The summed E-state index contributed by atoms with van der Waals surface area (Å²) in [6, 6.07) is 9.20. The highest BCUT2D eigenvalue weighted by Gasteiger charge is 2.44. The molecule has 0 aromatic heterocycles. The molecule has 1 saturated heterocycles. The van der Waals surface area contributed by atoms with Crippen LogP contribution in [0.2, 0.25) is 10.0 Å². The zero-order valence-corrected chi connectivity index (χ0v) is 19.9. The number of amides is 1. The number of methoxy groups -OCH3 is 2. The van der Waals surface area contributed by atoms with Crippen LogP contribution in [-0.4, -0.2) is 51.3 Å². The molecule has 10 heteroatoms. The van der Waals surface area contributed by atoms with Gasteiger partial charge in [0.15, 0.2) is 5.78 Å². The van der Waals surface area contributed by atoms with Crippen LogP contribution in [0, 0.1) is 5.92 Å². The number of ketones is 1. The monoisotopic (exact) mass is 499 g/mol. The first-order valence-electron chi connectivity index (χ1n) is 9.87. The topological polar surface area (TPSA) is 90.0 Å². The fourth-order valence-corrected chi connectivity index (χ4v) is 5.68. The Hall–Kier alpha value is -2.13. The minimum atomic E-state index is -4.34. The summed E-state index contributed by atoms with van der Waals surface area (Å²) in [4.78, 5) is 26.3. The smallest absolute Gasteiger partial charge is 0.267 e. The lowest BCUT2D eigenvalue weighted by atomic mass is 9.93. The molecule has 2 atom stereocenters. The van der Waals surface area contributed by atoms with E-state index < -0.39 is 27.9 Å². The molecule has 0 aliphatic carbocycles. The van der Waals surface area contributed by atoms with Crippen molar-refractivity contribution in [2.24, 2.45) is 5.92 Å². The van der Waals surface area contributed by atoms with Gasteiger partial charge >= 0.3 is 0 Å². The van der Waals surface area contributed by atoms with Crippen LogP contribution in [0.5, 0.6) is 5.75 Å². The molecule has 2 aromatic carbocycles. The summed E-state index contributed by atoms with van der Waals surface area (Å²) < 4.78 is 38.1. The minimum absolute atomic E-state index is 0.0416. The summed E-state index contributed by atoms with van der Waals surface area (Å²) in [7, 11) is -1.49. The number of Topliss-reactive ketones (excluding diaryl/α,β-unsaturated/α-hetero) is 1. The summed E-state index contributed by atoms with van der Waals surface area (Å²) in [6.45, 7) is -0.232. The van der Waals surface area contributed by atoms with Crippen molar-refractivity contribution in [1.82, 2.24) is 4.31 Å². The summed E-state index contributed by atoms with van der Waals surface area (Å²) in [5.74, 6) is -1.29. The van der Waals surface area contributed by atoms with Crippen molar-refractivity contribution in [2.75, 3.05) is 20.8 Å². The van der Waals surface area contributed by atoms with Crippen molar-refractivity contribution in [3.05, 3.63) is 58.1 Å². The fraction of sp³-hybridized carbons (Fsp3) is 0.364. The molecular weight excluding hydrogens is 477 g/mol. The Balaban J connectivity index is 2.05. The lowest BCUT2D eigenvalue weighted by Crippen LogP contribution is -2.50. The number of benzene rings is 2. The van der Waals surface area contributed by atoms with Crippen LogP contribution in [0.25, 0.3) is 0 Å². The maximum Gasteiger partial charge on any atom is 0.267 e. The predicted octanol–water partition coefficient (Wildman–Crippen LogP) is 3.76. The van der Waals surface area contributed by atoms with Gasteiger partial charge in [-0.15, -0.1) is 0 Å². The van der Waals surface area contributed by atoms with Gasteiger partial charge in [0.2, 0.25) is 5.91 Å². The number of rotatable bonds is 7. The number of hydrogen-bond acceptors (Lipinski definition) is 6. The number of sulfonamides is 1. The highest BCUT2D eigenvalue weighted by atomic mass is 35.5. The number of carbonyl (C=O) groups excluding carboxylic acids is 2. The minimum Gasteiger partial charge on any atom is -0.496 e. The molecule has 32 heavy (non-hydrogen) atoms. The van der Waals surface area contributed by atoms with Gasteiger partial charge in [0, 0.05) is 29.5 Å². The van der Waals surface area contributed by atoms with Crippen molar-refractivity contribution in [2.45, 2.75) is 30.2 Å². The van der Waals surface area contributed by atoms with E-state index in [1.165, 1.54) is 38.5 Å². The summed E-state index contributed by atoms with van der Waals surface area (Å²) >= 11 is 12.0. The van der Waals surface area contributed by atoms with Gasteiger partial charge in [-0.1, -0.05) is 23.2 Å². The second-order valence-electron chi connectivity index (χ2n) is 7.43. The van der Waals surface area contributed by atoms with Gasteiger partial charge in [-0.05, 0) is 60.9 Å². The Labute approximate surface area is 197 Å². The maximum atomic E-state index is 13.6. The molecule has 7 nitrogen and oxygen atoms in total. The van der Waals surface area contributed by atoms with Gasteiger partial charge in [0.25, 0.3) is 10.0 Å². The third-order valence-corrected chi connectivity index (χ3v) is 7.67. The van der Waals surface area contributed by atoms with Crippen molar-refractivity contribution in [1.29, 1.82) is 0 Å². The normalized spacial score (nSPS) is 19.7. The predicted molar refractivity (Wildman–Crippen MR) is 121 cm³/mol. The Morgan fingerprint density at radius 3 is 2.31 bits per heavy atom. The lowest BCUT2D eigenvalue weighted by Gasteiger charge is -2.30. The van der Waals surface area contributed by atoms with E-state index in [1.54, 1.807) is 18.2 Å². The van der Waals surface area contributed by atoms with Crippen molar-refractivity contribution >= 4 is 44.9 Å². The molecule has 1 amide bonds. The third kappa shape index (κ3) is 5.09. The maximum absolute atomic E-state index is 13.6. The molecular formula is C22H23Cl2NO6S. The second kappa shape index (κ2) is 10.2. The van der Waals surface area contributed by atoms with E-state index in [4.69, 9.17) is 32.7 Å². The molecule has 1 aliphatic heterocycles. The molecule has 2 aromatic rings. The third-order valence-electron chi connectivity index (χ3n) is 5.36. The Bertz CT molecular complexity index is 1100. The second-order valence-corrected chi connectivity index (χ2v) is 10.1. The first-order chi connectivity index (χ1) is 15.2. The molecule has 0 bridgehead atoms. The van der Waals surface area contributed by atoms with Crippen molar-refractivity contribution < 1.29 is 27.5 Å². The van der Waals surface area contributed by atoms with Gasteiger partial charge in [-0.2, -0.15) is 0 Å². The summed E-state index contributed by atoms with van der Waals surface area (Å²) in [6.07, 6.45) is 0.405. The van der Waals surface area contributed by atoms with Gasteiger partial charge in [-0.25, -0.2) is 12.7 Å². The van der Waals surface area contributed by atoms with Gasteiger partial charge in [0.05, 0.1) is 18.6 Å². The van der Waals surface area contributed by atoms with Crippen LogP contribution >= 0.6 is 23.2 Å². The van der Waals surface area contributed by atoms with Gasteiger partial charge in [-0.3, -0.25) is 9.59 Å². The van der Waals surface area contributed by atoms with E-state index in [1.807, 2.05) is 0 Å². The quantitative estimate of drug-likeness (QED) is 0.575. The lowest BCUT2D eigenvalue weighted by molar-refractivity contribution is -0.135. The van der Waals surface area contributed by atoms with Crippen molar-refractivity contribution in [3.63, 3.8) is 0 Å². The molecule has 3 rings (SSSR count). The van der Waals surface area contributed by atoms with E-state index in [9.17, 15) is 18.0 Å². The number of carbonyl (C=O) groups is 2. The van der Waals surface area contributed by atoms with Crippen molar-refractivity contribution in [3.8, 4) is 5.75 Å². The van der Waals surface area contributed by atoms with Crippen LogP contribution in [-0.2, 0) is 30.8 Å². The Morgan fingerprint density at radius 1 is 1.03 bits per heavy atom. The average molecular weight is 500 g/mol. The van der Waals surface area contributed by atoms with Crippen LogP contribution < -0.4 is 4.74 Å². The Kier molecular flexibility index (Phi) is 7.82. The highest BCUT2D eigenvalue weighted by molar-refractivity contribution is 7.89. The standard InChI is InChI=1S/C22H23Cl2NO6S/c1-30-13-19-20(26)9-3-14(11-15-12-17(24)6-10-21(15)31-2)22(27)25(19)32(28,29)18-7-4-16(23)5-8-18/h4-8,10,12,14,19H,3,9,11,13H2,1-2H3/t14-,19-/m1/s1. The number of halogens is 2. The van der Waals surface area contributed by atoms with Gasteiger partial charge < -0.3 is 9.47 Å². The molecule has 0 unspecified atom stereocenters. The molecule has 0 N–H and O–H groups in total. The summed E-state index contributed by atoms with van der Waals surface area (Å²) in [5, 5.41) is 0.808. The molecule has 1 heterocycles. The highest BCUT2D eigenvalue weighted by Crippen LogP contribution is 2.32. The zero-order chi connectivity index (χ0) is 23.5. The molecule has 0 saturated carbocycles. The van der Waals surface area contributed by atoms with Crippen LogP contribution in [0.15, 0.2) is 47.4 Å². The van der Waals surface area contributed by atoms with Crippen LogP contribution in [0.1, 0.15) is 18.4 Å².